The summed E-state index contributed by atoms with van der Waals surface area (Å²) < 4.78 is 31.4. The Morgan fingerprint density at radius 3 is 1.83 bits per heavy atom. The highest BCUT2D eigenvalue weighted by molar-refractivity contribution is 5.02. The fourth-order valence-corrected chi connectivity index (χ4v) is 5.19. The second kappa shape index (κ2) is 5.89. The Hall–Kier alpha value is -0.240. The van der Waals surface area contributed by atoms with Crippen molar-refractivity contribution >= 4 is 0 Å². The Morgan fingerprint density at radius 1 is 0.667 bits per heavy atom. The van der Waals surface area contributed by atoms with Crippen LogP contribution in [0.5, 0.6) is 0 Å². The highest BCUT2D eigenvalue weighted by atomic mass is 16.9. The first kappa shape index (κ1) is 16.0. The lowest BCUT2D eigenvalue weighted by Crippen LogP contribution is -2.56. The van der Waals surface area contributed by atoms with Crippen LogP contribution in [0.25, 0.3) is 0 Å². The molecule has 24 heavy (non-hydrogen) atoms. The van der Waals surface area contributed by atoms with Gasteiger partial charge in [-0.1, -0.05) is 12.8 Å². The quantitative estimate of drug-likeness (QED) is 0.789. The van der Waals surface area contributed by atoms with E-state index in [9.17, 15) is 5.11 Å². The van der Waals surface area contributed by atoms with Crippen molar-refractivity contribution in [2.24, 2.45) is 0 Å². The van der Waals surface area contributed by atoms with E-state index in [0.717, 1.165) is 51.4 Å². The van der Waals surface area contributed by atoms with Crippen LogP contribution in [0.3, 0.4) is 0 Å². The van der Waals surface area contributed by atoms with Gasteiger partial charge in [0, 0.05) is 25.7 Å². The minimum atomic E-state index is -0.520. The van der Waals surface area contributed by atoms with E-state index in [1.165, 1.54) is 12.8 Å². The summed E-state index contributed by atoms with van der Waals surface area (Å²) in [4.78, 5) is 0. The topological polar surface area (TPSA) is 66.4 Å². The first-order valence-corrected chi connectivity index (χ1v) is 9.70. The van der Waals surface area contributed by atoms with Crippen molar-refractivity contribution in [1.82, 2.24) is 0 Å². The molecule has 5 aliphatic rings. The van der Waals surface area contributed by atoms with Crippen molar-refractivity contribution < 1.29 is 28.8 Å². The van der Waals surface area contributed by atoms with Crippen molar-refractivity contribution in [3.8, 4) is 0 Å². The predicted molar refractivity (Wildman–Crippen MR) is 83.1 cm³/mol. The van der Waals surface area contributed by atoms with E-state index in [-0.39, 0.29) is 24.9 Å². The van der Waals surface area contributed by atoms with Crippen LogP contribution >= 0.6 is 0 Å². The molecule has 5 fully saturated rings. The van der Waals surface area contributed by atoms with Crippen LogP contribution in [0.2, 0.25) is 0 Å². The molecule has 3 aliphatic heterocycles. The van der Waals surface area contributed by atoms with Gasteiger partial charge in [0.2, 0.25) is 0 Å². The smallest absolute Gasteiger partial charge is 0.190 e. The summed E-state index contributed by atoms with van der Waals surface area (Å²) in [6.07, 6.45) is 9.04. The van der Waals surface area contributed by atoms with Crippen molar-refractivity contribution in [3.63, 3.8) is 0 Å². The second-order valence-electron chi connectivity index (χ2n) is 8.03. The number of aliphatic hydroxyl groups excluding tert-OH is 1. The maximum Gasteiger partial charge on any atom is 0.190 e. The Balaban J connectivity index is 1.40. The van der Waals surface area contributed by atoms with E-state index in [2.05, 4.69) is 0 Å². The van der Waals surface area contributed by atoms with Crippen LogP contribution in [-0.4, -0.2) is 54.0 Å². The standard InChI is InChI=1S/C18H28O6/c19-11-12-13-14(22-17(21-13)7-3-1-4-8-17)15-16(20-12)24-18(23-15)9-5-2-6-10-18/h12-16,19H,1-11H2/t12-,13-,14-,15+,16+/m0/s1. The number of hydrogen-bond donors (Lipinski definition) is 1. The highest BCUT2D eigenvalue weighted by Gasteiger charge is 2.63. The Bertz CT molecular complexity index is 470. The molecule has 6 nitrogen and oxygen atoms in total. The third kappa shape index (κ3) is 2.46. The van der Waals surface area contributed by atoms with Gasteiger partial charge in [-0.25, -0.2) is 0 Å². The van der Waals surface area contributed by atoms with E-state index >= 15 is 0 Å². The molecule has 5 rings (SSSR count). The zero-order valence-electron chi connectivity index (χ0n) is 14.2. The van der Waals surface area contributed by atoms with Crippen molar-refractivity contribution in [2.45, 2.75) is 106 Å². The first-order chi connectivity index (χ1) is 11.7. The maximum absolute atomic E-state index is 9.79. The summed E-state index contributed by atoms with van der Waals surface area (Å²) in [5.74, 6) is -1.03. The van der Waals surface area contributed by atoms with Gasteiger partial charge in [0.05, 0.1) is 6.61 Å². The van der Waals surface area contributed by atoms with E-state index in [1.54, 1.807) is 0 Å². The summed E-state index contributed by atoms with van der Waals surface area (Å²) in [5.41, 5.74) is 0. The van der Waals surface area contributed by atoms with Gasteiger partial charge in [0.15, 0.2) is 17.9 Å². The molecule has 6 heteroatoms. The average molecular weight is 340 g/mol. The van der Waals surface area contributed by atoms with Crippen molar-refractivity contribution in [1.29, 1.82) is 0 Å². The van der Waals surface area contributed by atoms with Crippen LogP contribution in [-0.2, 0) is 23.7 Å². The second-order valence-corrected chi connectivity index (χ2v) is 8.03. The van der Waals surface area contributed by atoms with Gasteiger partial charge in [-0.15, -0.1) is 0 Å². The number of hydrogen-bond acceptors (Lipinski definition) is 6. The Kier molecular flexibility index (Phi) is 3.92. The zero-order chi connectivity index (χ0) is 16.2. The van der Waals surface area contributed by atoms with E-state index < -0.39 is 24.0 Å². The molecule has 2 saturated carbocycles. The summed E-state index contributed by atoms with van der Waals surface area (Å²) in [7, 11) is 0. The third-order valence-electron chi connectivity index (χ3n) is 6.39. The van der Waals surface area contributed by atoms with Crippen molar-refractivity contribution in [2.75, 3.05) is 6.61 Å². The molecule has 3 saturated heterocycles. The zero-order valence-corrected chi connectivity index (χ0v) is 14.2. The van der Waals surface area contributed by atoms with Crippen LogP contribution in [0.15, 0.2) is 0 Å². The molecular weight excluding hydrogens is 312 g/mol. The minimum absolute atomic E-state index is 0.0831. The minimum Gasteiger partial charge on any atom is -0.394 e. The molecular formula is C18H28O6. The molecule has 1 N–H and O–H groups in total. The molecule has 0 amide bonds. The Labute approximate surface area is 142 Å². The number of ether oxygens (including phenoxy) is 5. The van der Waals surface area contributed by atoms with Crippen LogP contribution < -0.4 is 0 Å². The molecule has 136 valence electrons. The molecule has 5 atom stereocenters. The van der Waals surface area contributed by atoms with Gasteiger partial charge in [-0.05, 0) is 25.7 Å². The predicted octanol–water partition coefficient (Wildman–Crippen LogP) is 2.22. The number of rotatable bonds is 1. The number of aliphatic hydroxyl groups is 1. The molecule has 2 spiro atoms. The average Bonchev–Trinajstić information content (AvgIpc) is 3.14. The van der Waals surface area contributed by atoms with E-state index in [1.807, 2.05) is 0 Å². The van der Waals surface area contributed by atoms with Crippen LogP contribution in [0, 0.1) is 0 Å². The lowest BCUT2D eigenvalue weighted by molar-refractivity contribution is -0.254. The lowest BCUT2D eigenvalue weighted by Gasteiger charge is -2.36. The molecule has 0 aromatic heterocycles. The van der Waals surface area contributed by atoms with Crippen molar-refractivity contribution in [3.05, 3.63) is 0 Å². The van der Waals surface area contributed by atoms with Gasteiger partial charge in [-0.2, -0.15) is 0 Å². The molecule has 2 aliphatic carbocycles. The molecule has 0 aromatic carbocycles. The SMILES string of the molecule is OC[C@@H]1O[C@@H]2OC3(CCCCC3)O[C@@H]2[C@H]2OC3(CCCCC3)O[C@H]21. The highest BCUT2D eigenvalue weighted by Crippen LogP contribution is 2.50. The third-order valence-corrected chi connectivity index (χ3v) is 6.39. The van der Waals surface area contributed by atoms with Gasteiger partial charge in [-0.3, -0.25) is 0 Å². The number of fused-ring (bicyclic) bond motifs is 3. The molecule has 0 unspecified atom stereocenters. The van der Waals surface area contributed by atoms with E-state index in [0.29, 0.717) is 0 Å². The molecule has 0 radical (unpaired) electrons. The monoisotopic (exact) mass is 340 g/mol. The first-order valence-electron chi connectivity index (χ1n) is 9.70. The van der Waals surface area contributed by atoms with Crippen LogP contribution in [0.4, 0.5) is 0 Å². The van der Waals surface area contributed by atoms with Gasteiger partial charge < -0.3 is 28.8 Å². The molecule has 0 bridgehead atoms. The molecule has 0 aromatic rings. The maximum atomic E-state index is 9.79. The lowest BCUT2D eigenvalue weighted by atomic mass is 9.94. The van der Waals surface area contributed by atoms with Gasteiger partial charge in [0.1, 0.15) is 24.4 Å². The largest absolute Gasteiger partial charge is 0.394 e. The normalized spacial score (nSPS) is 46.1. The van der Waals surface area contributed by atoms with Gasteiger partial charge in [0.25, 0.3) is 0 Å². The molecule has 3 heterocycles. The summed E-state index contributed by atoms with van der Waals surface area (Å²) in [6.45, 7) is -0.0831. The van der Waals surface area contributed by atoms with E-state index in [4.69, 9.17) is 23.7 Å². The summed E-state index contributed by atoms with van der Waals surface area (Å²) in [5, 5.41) is 9.79. The van der Waals surface area contributed by atoms with Gasteiger partial charge >= 0.3 is 0 Å². The fourth-order valence-electron chi connectivity index (χ4n) is 5.19. The Morgan fingerprint density at radius 2 is 1.21 bits per heavy atom. The summed E-state index contributed by atoms with van der Waals surface area (Å²) >= 11 is 0. The fraction of sp³-hybridized carbons (Fsp3) is 1.00. The summed E-state index contributed by atoms with van der Waals surface area (Å²) in [6, 6.07) is 0. The van der Waals surface area contributed by atoms with Crippen LogP contribution in [0.1, 0.15) is 64.2 Å².